The monoisotopic (exact) mass is 424 g/mol. The Morgan fingerprint density at radius 3 is 2.37 bits per heavy atom. The summed E-state index contributed by atoms with van der Waals surface area (Å²) in [7, 11) is 0. The van der Waals surface area contributed by atoms with Crippen molar-refractivity contribution in [1.29, 1.82) is 0 Å². The molecule has 10 nitrogen and oxygen atoms in total. The Kier molecular flexibility index (Phi) is 11.1. The lowest BCUT2D eigenvalue weighted by Gasteiger charge is -2.24. The topological polar surface area (TPSA) is 165 Å². The molecule has 1 aromatic heterocycles. The molecule has 0 saturated heterocycles. The Bertz CT molecular complexity index is 683. The van der Waals surface area contributed by atoms with Crippen LogP contribution in [0.3, 0.4) is 0 Å². The van der Waals surface area contributed by atoms with Gasteiger partial charge in [-0.05, 0) is 66.0 Å². The molecule has 1 rings (SSSR count). The molecule has 1 atom stereocenters. The minimum Gasteiger partial charge on any atom is -0.458 e. The van der Waals surface area contributed by atoms with Gasteiger partial charge in [0.15, 0.2) is 5.69 Å². The van der Waals surface area contributed by atoms with Gasteiger partial charge < -0.3 is 31.8 Å². The maximum absolute atomic E-state index is 12.7. The number of imidazole rings is 1. The molecule has 0 spiro atoms. The Labute approximate surface area is 177 Å². The maximum atomic E-state index is 12.7. The van der Waals surface area contributed by atoms with Crippen LogP contribution in [0.4, 0.5) is 0 Å². The average Bonchev–Trinajstić information content (AvgIpc) is 3.15. The van der Waals surface area contributed by atoms with Crippen LogP contribution in [0.5, 0.6) is 0 Å². The normalized spacial score (nSPS) is 12.3. The number of aromatic amines is 1. The number of aromatic nitrogens is 2. The van der Waals surface area contributed by atoms with E-state index < -0.39 is 29.4 Å². The van der Waals surface area contributed by atoms with Gasteiger partial charge in [0.05, 0.1) is 6.33 Å². The van der Waals surface area contributed by atoms with E-state index in [2.05, 4.69) is 20.6 Å². The fourth-order valence-electron chi connectivity index (χ4n) is 2.72. The molecule has 2 amide bonds. The minimum atomic E-state index is -0.854. The second-order valence-corrected chi connectivity index (χ2v) is 8.08. The number of ether oxygens (including phenoxy) is 1. The first kappa shape index (κ1) is 25.6. The third kappa shape index (κ3) is 9.36. The minimum absolute atomic E-state index is 0.0521. The van der Waals surface area contributed by atoms with Gasteiger partial charge in [-0.25, -0.2) is 9.78 Å². The first-order valence-corrected chi connectivity index (χ1v) is 10.4. The smallest absolute Gasteiger partial charge is 0.329 e. The van der Waals surface area contributed by atoms with Crippen LogP contribution < -0.4 is 22.1 Å². The predicted octanol–water partition coefficient (Wildman–Crippen LogP) is 0.838. The van der Waals surface area contributed by atoms with E-state index in [0.717, 1.165) is 25.7 Å². The molecular weight excluding hydrogens is 388 g/mol. The van der Waals surface area contributed by atoms with E-state index in [-0.39, 0.29) is 11.4 Å². The molecule has 1 heterocycles. The standard InChI is InChI=1S/C20H36N6O4/c1-20(2,3)30-19(29)14(9-5-7-11-22)26-18(28)16-15(24-13-25-16)17(27)23-12-8-4-6-10-21/h13-14H,4-12,21-22H2,1-3H3,(H,23,27)(H,24,25)(H,26,28)/t14-/m0/s1. The molecule has 170 valence electrons. The SMILES string of the molecule is CC(C)(C)OC(=O)[C@H](CCCCN)NC(=O)c1nc[nH]c1C(=O)NCCCCCN. The van der Waals surface area contributed by atoms with E-state index in [1.807, 2.05) is 0 Å². The molecule has 10 heteroatoms. The number of amides is 2. The number of hydrogen-bond acceptors (Lipinski definition) is 7. The van der Waals surface area contributed by atoms with Crippen LogP contribution in [-0.2, 0) is 9.53 Å². The van der Waals surface area contributed by atoms with E-state index in [4.69, 9.17) is 16.2 Å². The molecule has 0 aliphatic heterocycles. The lowest BCUT2D eigenvalue weighted by atomic mass is 10.1. The van der Waals surface area contributed by atoms with E-state index in [9.17, 15) is 14.4 Å². The van der Waals surface area contributed by atoms with Gasteiger partial charge in [0.1, 0.15) is 17.3 Å². The number of nitrogens with zero attached hydrogens (tertiary/aromatic N) is 1. The van der Waals surface area contributed by atoms with Crippen LogP contribution in [-0.4, -0.2) is 59.0 Å². The summed E-state index contributed by atoms with van der Waals surface area (Å²) in [6.45, 7) is 6.85. The van der Waals surface area contributed by atoms with Crippen molar-refractivity contribution in [2.45, 2.75) is 70.9 Å². The maximum Gasteiger partial charge on any atom is 0.329 e. The van der Waals surface area contributed by atoms with Crippen molar-refractivity contribution in [1.82, 2.24) is 20.6 Å². The number of carbonyl (C=O) groups is 3. The summed E-state index contributed by atoms with van der Waals surface area (Å²) in [5.41, 5.74) is 10.3. The van der Waals surface area contributed by atoms with Gasteiger partial charge in [-0.3, -0.25) is 9.59 Å². The summed E-state index contributed by atoms with van der Waals surface area (Å²) in [5, 5.41) is 5.40. The van der Waals surface area contributed by atoms with Gasteiger partial charge in [0, 0.05) is 6.54 Å². The van der Waals surface area contributed by atoms with Crippen molar-refractivity contribution in [3.8, 4) is 0 Å². The van der Waals surface area contributed by atoms with Gasteiger partial charge >= 0.3 is 5.97 Å². The molecule has 1 aromatic rings. The fraction of sp³-hybridized carbons (Fsp3) is 0.700. The highest BCUT2D eigenvalue weighted by Crippen LogP contribution is 2.12. The first-order chi connectivity index (χ1) is 14.2. The first-order valence-electron chi connectivity index (χ1n) is 10.4. The van der Waals surface area contributed by atoms with E-state index in [1.165, 1.54) is 6.33 Å². The number of hydrogen-bond donors (Lipinski definition) is 5. The van der Waals surface area contributed by atoms with Crippen LogP contribution in [0.1, 0.15) is 80.3 Å². The zero-order valence-corrected chi connectivity index (χ0v) is 18.3. The van der Waals surface area contributed by atoms with Crippen molar-refractivity contribution in [2.75, 3.05) is 19.6 Å². The van der Waals surface area contributed by atoms with Crippen molar-refractivity contribution in [2.24, 2.45) is 11.5 Å². The molecular formula is C20H36N6O4. The second kappa shape index (κ2) is 13.0. The number of nitrogens with one attached hydrogen (secondary N) is 3. The highest BCUT2D eigenvalue weighted by molar-refractivity contribution is 6.05. The molecule has 0 aliphatic carbocycles. The van der Waals surface area contributed by atoms with Crippen molar-refractivity contribution in [3.05, 3.63) is 17.7 Å². The zero-order chi connectivity index (χ0) is 22.6. The third-order valence-corrected chi connectivity index (χ3v) is 4.19. The van der Waals surface area contributed by atoms with Crippen LogP contribution in [0, 0.1) is 0 Å². The lowest BCUT2D eigenvalue weighted by Crippen LogP contribution is -2.44. The van der Waals surface area contributed by atoms with Gasteiger partial charge in [-0.2, -0.15) is 0 Å². The highest BCUT2D eigenvalue weighted by atomic mass is 16.6. The quantitative estimate of drug-likeness (QED) is 0.231. The average molecular weight is 425 g/mol. The molecule has 0 saturated carbocycles. The second-order valence-electron chi connectivity index (χ2n) is 8.08. The van der Waals surface area contributed by atoms with E-state index in [0.29, 0.717) is 32.5 Å². The number of carbonyl (C=O) groups excluding carboxylic acids is 3. The van der Waals surface area contributed by atoms with E-state index in [1.54, 1.807) is 20.8 Å². The summed E-state index contributed by atoms with van der Waals surface area (Å²) in [6.07, 6.45) is 5.62. The van der Waals surface area contributed by atoms with Crippen LogP contribution in [0.2, 0.25) is 0 Å². The third-order valence-electron chi connectivity index (χ3n) is 4.19. The Balaban J connectivity index is 2.78. The molecule has 0 bridgehead atoms. The van der Waals surface area contributed by atoms with Crippen LogP contribution >= 0.6 is 0 Å². The molecule has 7 N–H and O–H groups in total. The fourth-order valence-corrected chi connectivity index (χ4v) is 2.72. The lowest BCUT2D eigenvalue weighted by molar-refractivity contribution is -0.157. The van der Waals surface area contributed by atoms with Gasteiger partial charge in [0.2, 0.25) is 0 Å². The summed E-state index contributed by atoms with van der Waals surface area (Å²) in [6, 6.07) is -0.854. The largest absolute Gasteiger partial charge is 0.458 e. The van der Waals surface area contributed by atoms with Gasteiger partial charge in [-0.1, -0.05) is 6.42 Å². The Morgan fingerprint density at radius 1 is 1.07 bits per heavy atom. The predicted molar refractivity (Wildman–Crippen MR) is 114 cm³/mol. The Hall–Kier alpha value is -2.46. The number of nitrogens with two attached hydrogens (primary N) is 2. The number of unbranched alkanes of at least 4 members (excludes halogenated alkanes) is 3. The van der Waals surface area contributed by atoms with Crippen LogP contribution in [0.25, 0.3) is 0 Å². The highest BCUT2D eigenvalue weighted by Gasteiger charge is 2.29. The summed E-state index contributed by atoms with van der Waals surface area (Å²) in [4.78, 5) is 44.3. The summed E-state index contributed by atoms with van der Waals surface area (Å²) in [5.74, 6) is -1.58. The molecule has 0 radical (unpaired) electrons. The molecule has 0 aliphatic rings. The van der Waals surface area contributed by atoms with Crippen molar-refractivity contribution in [3.63, 3.8) is 0 Å². The summed E-state index contributed by atoms with van der Waals surface area (Å²) < 4.78 is 5.41. The van der Waals surface area contributed by atoms with Gasteiger partial charge in [-0.15, -0.1) is 0 Å². The Morgan fingerprint density at radius 2 is 1.73 bits per heavy atom. The number of esters is 1. The molecule has 30 heavy (non-hydrogen) atoms. The van der Waals surface area contributed by atoms with Crippen molar-refractivity contribution < 1.29 is 19.1 Å². The molecule has 0 aromatic carbocycles. The number of H-pyrrole nitrogens is 1. The summed E-state index contributed by atoms with van der Waals surface area (Å²) >= 11 is 0. The molecule has 0 unspecified atom stereocenters. The zero-order valence-electron chi connectivity index (χ0n) is 18.3. The van der Waals surface area contributed by atoms with Crippen LogP contribution in [0.15, 0.2) is 6.33 Å². The van der Waals surface area contributed by atoms with Gasteiger partial charge in [0.25, 0.3) is 11.8 Å². The van der Waals surface area contributed by atoms with Crippen molar-refractivity contribution >= 4 is 17.8 Å². The number of rotatable bonds is 13. The molecule has 0 fully saturated rings. The van der Waals surface area contributed by atoms with E-state index >= 15 is 0 Å².